The molecule has 15 heavy (non-hydrogen) atoms. The van der Waals surface area contributed by atoms with Gasteiger partial charge in [0.2, 0.25) is 0 Å². The Balaban J connectivity index is 2.64. The van der Waals surface area contributed by atoms with Gasteiger partial charge in [-0.25, -0.2) is 4.39 Å². The predicted molar refractivity (Wildman–Crippen MR) is 63.8 cm³/mol. The molecule has 1 saturated heterocycles. The first kappa shape index (κ1) is 13.0. The zero-order chi connectivity index (χ0) is 11.9. The van der Waals surface area contributed by atoms with Gasteiger partial charge in [0, 0.05) is 12.1 Å². The lowest BCUT2D eigenvalue weighted by Crippen LogP contribution is -2.52. The normalized spacial score (nSPS) is 30.6. The quantitative estimate of drug-likeness (QED) is 0.598. The van der Waals surface area contributed by atoms with Crippen LogP contribution in [-0.4, -0.2) is 29.7 Å². The topological polar surface area (TPSA) is 3.24 Å². The minimum absolute atomic E-state index is 0.101. The third-order valence-corrected chi connectivity index (χ3v) is 3.60. The number of likely N-dealkylation sites (tertiary alicyclic amines) is 1. The van der Waals surface area contributed by atoms with E-state index in [9.17, 15) is 4.39 Å². The molecule has 0 aromatic rings. The first-order chi connectivity index (χ1) is 6.62. The van der Waals surface area contributed by atoms with E-state index >= 15 is 0 Å². The molecule has 0 aliphatic carbocycles. The van der Waals surface area contributed by atoms with Gasteiger partial charge in [0.25, 0.3) is 0 Å². The molecule has 1 aliphatic heterocycles. The smallest absolute Gasteiger partial charge is 0.116 e. The molecule has 0 bridgehead atoms. The molecule has 0 spiro atoms. The molecule has 0 aromatic heterocycles. The van der Waals surface area contributed by atoms with E-state index in [0.29, 0.717) is 6.54 Å². The minimum Gasteiger partial charge on any atom is -0.296 e. The van der Waals surface area contributed by atoms with Crippen LogP contribution in [0.4, 0.5) is 4.39 Å². The van der Waals surface area contributed by atoms with Crippen LogP contribution < -0.4 is 0 Å². The van der Waals surface area contributed by atoms with Gasteiger partial charge in [0.05, 0.1) is 0 Å². The van der Waals surface area contributed by atoms with Crippen molar-refractivity contribution in [3.63, 3.8) is 0 Å². The standard InChI is InChI=1S/C13H26FN/c1-12(2,3)10-7-8-15(9-11(10)14)13(4,5)6/h10-11H,7-9H2,1-6H3/t10-,11+/m0/s1. The van der Waals surface area contributed by atoms with E-state index in [-0.39, 0.29) is 16.9 Å². The summed E-state index contributed by atoms with van der Waals surface area (Å²) < 4.78 is 14.1. The van der Waals surface area contributed by atoms with Crippen LogP contribution in [-0.2, 0) is 0 Å². The van der Waals surface area contributed by atoms with E-state index in [4.69, 9.17) is 0 Å². The third-order valence-electron chi connectivity index (χ3n) is 3.60. The van der Waals surface area contributed by atoms with Crippen molar-refractivity contribution >= 4 is 0 Å². The summed E-state index contributed by atoms with van der Waals surface area (Å²) in [5, 5.41) is 0. The van der Waals surface area contributed by atoms with Crippen molar-refractivity contribution in [1.82, 2.24) is 4.90 Å². The predicted octanol–water partition coefficient (Wildman–Crippen LogP) is 3.49. The summed E-state index contributed by atoms with van der Waals surface area (Å²) in [7, 11) is 0. The van der Waals surface area contributed by atoms with E-state index < -0.39 is 6.17 Å². The fourth-order valence-corrected chi connectivity index (χ4v) is 2.49. The minimum atomic E-state index is -0.669. The highest BCUT2D eigenvalue weighted by atomic mass is 19.1. The summed E-state index contributed by atoms with van der Waals surface area (Å²) in [6.45, 7) is 14.6. The highest BCUT2D eigenvalue weighted by Crippen LogP contribution is 2.37. The molecular weight excluding hydrogens is 189 g/mol. The molecular formula is C13H26FN. The highest BCUT2D eigenvalue weighted by molar-refractivity contribution is 4.91. The van der Waals surface area contributed by atoms with E-state index in [1.165, 1.54) is 0 Å². The molecule has 2 heteroatoms. The summed E-state index contributed by atoms with van der Waals surface area (Å²) in [6, 6.07) is 0. The molecule has 1 nitrogen and oxygen atoms in total. The number of rotatable bonds is 0. The molecule has 1 rings (SSSR count). The lowest BCUT2D eigenvalue weighted by Gasteiger charge is -2.46. The maximum Gasteiger partial charge on any atom is 0.116 e. The Morgan fingerprint density at radius 3 is 1.93 bits per heavy atom. The van der Waals surface area contributed by atoms with Crippen LogP contribution in [0.1, 0.15) is 48.0 Å². The van der Waals surface area contributed by atoms with Crippen molar-refractivity contribution in [2.75, 3.05) is 13.1 Å². The van der Waals surface area contributed by atoms with E-state index in [1.54, 1.807) is 0 Å². The lowest BCUT2D eigenvalue weighted by atomic mass is 9.74. The average molecular weight is 215 g/mol. The van der Waals surface area contributed by atoms with E-state index in [0.717, 1.165) is 13.0 Å². The van der Waals surface area contributed by atoms with Crippen molar-refractivity contribution < 1.29 is 4.39 Å². The third kappa shape index (κ3) is 3.17. The number of piperidine rings is 1. The van der Waals surface area contributed by atoms with Crippen LogP contribution in [0, 0.1) is 11.3 Å². The van der Waals surface area contributed by atoms with Crippen LogP contribution in [0.15, 0.2) is 0 Å². The molecule has 1 heterocycles. The maximum atomic E-state index is 14.1. The van der Waals surface area contributed by atoms with Crippen LogP contribution in [0.5, 0.6) is 0 Å². The van der Waals surface area contributed by atoms with Crippen LogP contribution in [0.25, 0.3) is 0 Å². The second kappa shape index (κ2) is 4.04. The molecule has 1 aliphatic rings. The summed E-state index contributed by atoms with van der Waals surface area (Å²) in [4.78, 5) is 2.26. The number of nitrogens with zero attached hydrogens (tertiary/aromatic N) is 1. The Bertz CT molecular complexity index is 212. The van der Waals surface area contributed by atoms with Gasteiger partial charge in [0.15, 0.2) is 0 Å². The maximum absolute atomic E-state index is 14.1. The van der Waals surface area contributed by atoms with Crippen LogP contribution >= 0.6 is 0 Å². The molecule has 1 fully saturated rings. The lowest BCUT2D eigenvalue weighted by molar-refractivity contribution is -0.0101. The summed E-state index contributed by atoms with van der Waals surface area (Å²) in [6.07, 6.45) is 0.319. The Morgan fingerprint density at radius 1 is 1.07 bits per heavy atom. The van der Waals surface area contributed by atoms with E-state index in [1.807, 2.05) is 0 Å². The van der Waals surface area contributed by atoms with Crippen molar-refractivity contribution in [2.45, 2.75) is 59.7 Å². The first-order valence-electron chi connectivity index (χ1n) is 6.01. The molecule has 0 amide bonds. The van der Waals surface area contributed by atoms with Crippen LogP contribution in [0.3, 0.4) is 0 Å². The van der Waals surface area contributed by atoms with Gasteiger partial charge in [-0.1, -0.05) is 20.8 Å². The number of halogens is 1. The van der Waals surface area contributed by atoms with Gasteiger partial charge < -0.3 is 0 Å². The first-order valence-corrected chi connectivity index (χ1v) is 6.01. The molecule has 0 unspecified atom stereocenters. The Morgan fingerprint density at radius 2 is 1.60 bits per heavy atom. The van der Waals surface area contributed by atoms with Crippen molar-refractivity contribution in [3.05, 3.63) is 0 Å². The Kier molecular flexibility index (Phi) is 3.49. The van der Waals surface area contributed by atoms with Crippen molar-refractivity contribution in [2.24, 2.45) is 11.3 Å². The van der Waals surface area contributed by atoms with Gasteiger partial charge in [-0.2, -0.15) is 0 Å². The number of hydrogen-bond donors (Lipinski definition) is 0. The summed E-state index contributed by atoms with van der Waals surface area (Å²) in [5.74, 6) is 0.219. The molecule has 0 saturated carbocycles. The molecule has 2 atom stereocenters. The van der Waals surface area contributed by atoms with Gasteiger partial charge in [-0.05, 0) is 45.1 Å². The average Bonchev–Trinajstić information content (AvgIpc) is 1.99. The fraction of sp³-hybridized carbons (Fsp3) is 1.00. The molecule has 0 radical (unpaired) electrons. The molecule has 0 aromatic carbocycles. The SMILES string of the molecule is CC(C)(C)[C@H]1CCN(C(C)(C)C)C[C@H]1F. The van der Waals surface area contributed by atoms with Gasteiger partial charge in [-0.15, -0.1) is 0 Å². The second-order valence-electron chi connectivity index (χ2n) is 6.89. The van der Waals surface area contributed by atoms with Crippen molar-refractivity contribution in [1.29, 1.82) is 0 Å². The fourth-order valence-electron chi connectivity index (χ4n) is 2.49. The molecule has 90 valence electrons. The van der Waals surface area contributed by atoms with Gasteiger partial charge >= 0.3 is 0 Å². The Labute approximate surface area is 94.0 Å². The van der Waals surface area contributed by atoms with Gasteiger partial charge in [-0.3, -0.25) is 4.90 Å². The largest absolute Gasteiger partial charge is 0.296 e. The van der Waals surface area contributed by atoms with Crippen LogP contribution in [0.2, 0.25) is 0 Å². The molecule has 0 N–H and O–H groups in total. The second-order valence-corrected chi connectivity index (χ2v) is 6.89. The van der Waals surface area contributed by atoms with Gasteiger partial charge in [0.1, 0.15) is 6.17 Å². The zero-order valence-electron chi connectivity index (χ0n) is 11.1. The Hall–Kier alpha value is -0.110. The monoisotopic (exact) mass is 215 g/mol. The summed E-state index contributed by atoms with van der Waals surface area (Å²) >= 11 is 0. The summed E-state index contributed by atoms with van der Waals surface area (Å²) in [5.41, 5.74) is 0.205. The van der Waals surface area contributed by atoms with Crippen molar-refractivity contribution in [3.8, 4) is 0 Å². The number of alkyl halides is 1. The number of hydrogen-bond acceptors (Lipinski definition) is 1. The zero-order valence-corrected chi connectivity index (χ0v) is 11.1. The van der Waals surface area contributed by atoms with E-state index in [2.05, 4.69) is 46.4 Å². The highest BCUT2D eigenvalue weighted by Gasteiger charge is 2.39.